The number of hydrogen-bond donors (Lipinski definition) is 2. The van der Waals surface area contributed by atoms with Crippen molar-refractivity contribution in [2.45, 2.75) is 25.8 Å². The molecule has 1 saturated heterocycles. The van der Waals surface area contributed by atoms with Crippen molar-refractivity contribution in [2.75, 3.05) is 23.3 Å². The third-order valence-electron chi connectivity index (χ3n) is 4.02. The van der Waals surface area contributed by atoms with Crippen molar-refractivity contribution in [3.8, 4) is 0 Å². The number of benzene rings is 1. The van der Waals surface area contributed by atoms with Gasteiger partial charge < -0.3 is 15.5 Å². The molecule has 23 heavy (non-hydrogen) atoms. The molecule has 2 amide bonds. The van der Waals surface area contributed by atoms with E-state index in [9.17, 15) is 4.79 Å². The Morgan fingerprint density at radius 3 is 2.57 bits per heavy atom. The van der Waals surface area contributed by atoms with E-state index in [1.165, 1.54) is 24.9 Å². The van der Waals surface area contributed by atoms with Crippen molar-refractivity contribution >= 4 is 17.4 Å². The molecular weight excluding hydrogens is 288 g/mol. The minimum Gasteiger partial charge on any atom is -0.372 e. The van der Waals surface area contributed by atoms with Crippen molar-refractivity contribution in [3.05, 3.63) is 54.4 Å². The molecule has 0 spiro atoms. The highest BCUT2D eigenvalue weighted by Gasteiger charge is 2.10. The molecule has 2 N–H and O–H groups in total. The molecule has 3 rings (SSSR count). The van der Waals surface area contributed by atoms with Crippen molar-refractivity contribution < 1.29 is 4.79 Å². The molecule has 1 aliphatic heterocycles. The summed E-state index contributed by atoms with van der Waals surface area (Å²) < 4.78 is 0. The Morgan fingerprint density at radius 1 is 1.09 bits per heavy atom. The molecular formula is C18H22N4O. The van der Waals surface area contributed by atoms with Crippen molar-refractivity contribution in [3.63, 3.8) is 0 Å². The molecule has 0 unspecified atom stereocenters. The number of pyridine rings is 1. The zero-order chi connectivity index (χ0) is 15.9. The number of anilines is 2. The molecule has 5 heteroatoms. The zero-order valence-electron chi connectivity index (χ0n) is 13.2. The van der Waals surface area contributed by atoms with Crippen LogP contribution in [-0.2, 0) is 6.54 Å². The summed E-state index contributed by atoms with van der Waals surface area (Å²) >= 11 is 0. The van der Waals surface area contributed by atoms with Gasteiger partial charge in [-0.3, -0.25) is 4.98 Å². The van der Waals surface area contributed by atoms with Crippen LogP contribution < -0.4 is 15.5 Å². The average Bonchev–Trinajstić information content (AvgIpc) is 2.62. The second kappa shape index (κ2) is 7.63. The highest BCUT2D eigenvalue weighted by Crippen LogP contribution is 2.21. The summed E-state index contributed by atoms with van der Waals surface area (Å²) in [5, 5.41) is 5.68. The van der Waals surface area contributed by atoms with E-state index < -0.39 is 0 Å². The Labute approximate surface area is 136 Å². The summed E-state index contributed by atoms with van der Waals surface area (Å²) in [6, 6.07) is 11.6. The summed E-state index contributed by atoms with van der Waals surface area (Å²) in [4.78, 5) is 18.3. The Balaban J connectivity index is 1.50. The van der Waals surface area contributed by atoms with Gasteiger partial charge in [-0.15, -0.1) is 0 Å². The SMILES string of the molecule is O=C(NCc1cccnc1)Nc1ccc(N2CCCCC2)cc1. The number of carbonyl (C=O) groups is 1. The lowest BCUT2D eigenvalue weighted by molar-refractivity contribution is 0.251. The molecule has 1 aromatic carbocycles. The first kappa shape index (κ1) is 15.3. The van der Waals surface area contributed by atoms with Crippen LogP contribution in [0.5, 0.6) is 0 Å². The van der Waals surface area contributed by atoms with E-state index >= 15 is 0 Å². The molecule has 2 heterocycles. The second-order valence-corrected chi connectivity index (χ2v) is 5.76. The van der Waals surface area contributed by atoms with Gasteiger partial charge in [-0.1, -0.05) is 6.07 Å². The van der Waals surface area contributed by atoms with Gasteiger partial charge in [-0.05, 0) is 55.2 Å². The summed E-state index contributed by atoms with van der Waals surface area (Å²) in [7, 11) is 0. The largest absolute Gasteiger partial charge is 0.372 e. The normalized spacial score (nSPS) is 14.3. The van der Waals surface area contributed by atoms with Crippen LogP contribution in [0.3, 0.4) is 0 Å². The van der Waals surface area contributed by atoms with E-state index in [0.29, 0.717) is 6.54 Å². The molecule has 0 atom stereocenters. The summed E-state index contributed by atoms with van der Waals surface area (Å²) in [6.45, 7) is 2.71. The molecule has 5 nitrogen and oxygen atoms in total. The predicted molar refractivity (Wildman–Crippen MR) is 92.6 cm³/mol. The number of carbonyl (C=O) groups excluding carboxylic acids is 1. The van der Waals surface area contributed by atoms with E-state index in [-0.39, 0.29) is 6.03 Å². The highest BCUT2D eigenvalue weighted by atomic mass is 16.2. The second-order valence-electron chi connectivity index (χ2n) is 5.76. The number of aromatic nitrogens is 1. The van der Waals surface area contributed by atoms with E-state index in [1.807, 2.05) is 24.3 Å². The number of urea groups is 1. The van der Waals surface area contributed by atoms with E-state index in [4.69, 9.17) is 0 Å². The molecule has 1 fully saturated rings. The van der Waals surface area contributed by atoms with Gasteiger partial charge >= 0.3 is 6.03 Å². The van der Waals surface area contributed by atoms with Gasteiger partial charge in [-0.25, -0.2) is 4.79 Å². The van der Waals surface area contributed by atoms with Crippen LogP contribution in [0.4, 0.5) is 16.2 Å². The van der Waals surface area contributed by atoms with Gasteiger partial charge in [0.1, 0.15) is 0 Å². The quantitative estimate of drug-likeness (QED) is 0.910. The number of nitrogens with one attached hydrogen (secondary N) is 2. The molecule has 1 aromatic heterocycles. The first-order chi connectivity index (χ1) is 11.3. The maximum atomic E-state index is 11.9. The number of piperidine rings is 1. The third-order valence-corrected chi connectivity index (χ3v) is 4.02. The van der Waals surface area contributed by atoms with Gasteiger partial charge in [-0.2, -0.15) is 0 Å². The first-order valence-corrected chi connectivity index (χ1v) is 8.10. The third kappa shape index (κ3) is 4.45. The van der Waals surface area contributed by atoms with Gasteiger partial charge in [0.15, 0.2) is 0 Å². The zero-order valence-corrected chi connectivity index (χ0v) is 13.2. The Kier molecular flexibility index (Phi) is 5.09. The minimum atomic E-state index is -0.209. The number of nitrogens with zero attached hydrogens (tertiary/aromatic N) is 2. The van der Waals surface area contributed by atoms with Gasteiger partial charge in [0, 0.05) is 43.4 Å². The van der Waals surface area contributed by atoms with E-state index in [0.717, 1.165) is 24.3 Å². The molecule has 0 radical (unpaired) electrons. The van der Waals surface area contributed by atoms with Crippen LogP contribution >= 0.6 is 0 Å². The minimum absolute atomic E-state index is 0.209. The van der Waals surface area contributed by atoms with Crippen LogP contribution in [0.15, 0.2) is 48.8 Å². The maximum Gasteiger partial charge on any atom is 0.319 e. The van der Waals surface area contributed by atoms with Crippen LogP contribution in [0, 0.1) is 0 Å². The first-order valence-electron chi connectivity index (χ1n) is 8.10. The Bertz CT molecular complexity index is 621. The van der Waals surface area contributed by atoms with E-state index in [2.05, 4.69) is 32.7 Å². The number of hydrogen-bond acceptors (Lipinski definition) is 3. The lowest BCUT2D eigenvalue weighted by atomic mass is 10.1. The van der Waals surface area contributed by atoms with Gasteiger partial charge in [0.05, 0.1) is 0 Å². The number of rotatable bonds is 4. The van der Waals surface area contributed by atoms with Crippen molar-refractivity contribution in [2.24, 2.45) is 0 Å². The highest BCUT2D eigenvalue weighted by molar-refractivity contribution is 5.89. The molecule has 1 aliphatic rings. The van der Waals surface area contributed by atoms with Crippen molar-refractivity contribution in [1.82, 2.24) is 10.3 Å². The van der Waals surface area contributed by atoms with Gasteiger partial charge in [0.25, 0.3) is 0 Å². The molecule has 0 aliphatic carbocycles. The van der Waals surface area contributed by atoms with Crippen LogP contribution in [0.1, 0.15) is 24.8 Å². The lowest BCUT2D eigenvalue weighted by Crippen LogP contribution is -2.29. The predicted octanol–water partition coefficient (Wildman–Crippen LogP) is 3.39. The smallest absolute Gasteiger partial charge is 0.319 e. The van der Waals surface area contributed by atoms with Crippen molar-refractivity contribution in [1.29, 1.82) is 0 Å². The van der Waals surface area contributed by atoms with Gasteiger partial charge in [0.2, 0.25) is 0 Å². The Hall–Kier alpha value is -2.56. The van der Waals surface area contributed by atoms with Crippen LogP contribution in [0.2, 0.25) is 0 Å². The summed E-state index contributed by atoms with van der Waals surface area (Å²) in [6.07, 6.45) is 7.31. The lowest BCUT2D eigenvalue weighted by Gasteiger charge is -2.28. The van der Waals surface area contributed by atoms with Crippen LogP contribution in [-0.4, -0.2) is 24.1 Å². The Morgan fingerprint density at radius 2 is 1.87 bits per heavy atom. The molecule has 2 aromatic rings. The van der Waals surface area contributed by atoms with Crippen LogP contribution in [0.25, 0.3) is 0 Å². The fourth-order valence-electron chi connectivity index (χ4n) is 2.77. The summed E-state index contributed by atoms with van der Waals surface area (Å²) in [5.41, 5.74) is 3.00. The molecule has 120 valence electrons. The molecule has 0 bridgehead atoms. The molecule has 0 saturated carbocycles. The average molecular weight is 310 g/mol. The standard InChI is InChI=1S/C18H22N4O/c23-18(20-14-15-5-4-10-19-13-15)21-16-6-8-17(9-7-16)22-11-2-1-3-12-22/h4-10,13H,1-3,11-12,14H2,(H2,20,21,23). The maximum absolute atomic E-state index is 11.9. The number of amides is 2. The monoisotopic (exact) mass is 310 g/mol. The fraction of sp³-hybridized carbons (Fsp3) is 0.333. The van der Waals surface area contributed by atoms with E-state index in [1.54, 1.807) is 12.4 Å². The fourth-order valence-corrected chi connectivity index (χ4v) is 2.77. The summed E-state index contributed by atoms with van der Waals surface area (Å²) in [5.74, 6) is 0. The topological polar surface area (TPSA) is 57.3 Å².